The fourth-order valence-corrected chi connectivity index (χ4v) is 1.74. The first-order valence-electron chi connectivity index (χ1n) is 3.97. The fraction of sp³-hybridized carbons (Fsp3) is 0.625. The average molecular weight is 205 g/mol. The first-order valence-corrected chi connectivity index (χ1v) is 4.41. The van der Waals surface area contributed by atoms with Gasteiger partial charge in [-0.2, -0.15) is 0 Å². The van der Waals surface area contributed by atoms with Crippen LogP contribution in [0.1, 0.15) is 20.8 Å². The molecule has 1 heterocycles. The van der Waals surface area contributed by atoms with Crippen LogP contribution in [0.3, 0.4) is 0 Å². The fourth-order valence-electron chi connectivity index (χ4n) is 1.36. The molecule has 1 aliphatic heterocycles. The van der Waals surface area contributed by atoms with Gasteiger partial charge in [-0.05, 0) is 20.8 Å². The highest BCUT2D eigenvalue weighted by molar-refractivity contribution is 6.25. The third-order valence-corrected chi connectivity index (χ3v) is 2.32. The van der Waals surface area contributed by atoms with Gasteiger partial charge in [-0.3, -0.25) is 15.3 Å². The van der Waals surface area contributed by atoms with Crippen LogP contribution in [0.25, 0.3) is 0 Å². The van der Waals surface area contributed by atoms with E-state index in [1.807, 2.05) is 13.8 Å². The Hall–Kier alpha value is -0.580. The lowest BCUT2D eigenvalue weighted by molar-refractivity contribution is -0.136. The summed E-state index contributed by atoms with van der Waals surface area (Å²) in [6, 6.07) is 0. The monoisotopic (exact) mass is 204 g/mol. The normalized spacial score (nSPS) is 29.8. The minimum atomic E-state index is -0.694. The van der Waals surface area contributed by atoms with Crippen molar-refractivity contribution in [3.8, 4) is 0 Å². The molecule has 1 unspecified atom stereocenters. The van der Waals surface area contributed by atoms with Gasteiger partial charge < -0.3 is 0 Å². The molecule has 0 aromatic rings. The SMILES string of the molecule is CC(=O)C1NC(C)(C)/C(=C/Cl)N1O. The molecule has 0 saturated carbocycles. The van der Waals surface area contributed by atoms with Gasteiger partial charge in [0.05, 0.1) is 11.2 Å². The summed E-state index contributed by atoms with van der Waals surface area (Å²) in [6.07, 6.45) is -0.694. The van der Waals surface area contributed by atoms with Crippen LogP contribution in [0.2, 0.25) is 0 Å². The van der Waals surface area contributed by atoms with Crippen LogP contribution in [-0.2, 0) is 4.79 Å². The summed E-state index contributed by atoms with van der Waals surface area (Å²) in [5.74, 6) is -0.149. The lowest BCUT2D eigenvalue weighted by Crippen LogP contribution is -2.43. The Labute approximate surface area is 82.1 Å². The number of ketones is 1. The molecule has 2 N–H and O–H groups in total. The zero-order valence-electron chi connectivity index (χ0n) is 7.84. The van der Waals surface area contributed by atoms with Crippen LogP contribution in [0.15, 0.2) is 11.2 Å². The molecule has 4 nitrogen and oxygen atoms in total. The first kappa shape index (κ1) is 10.5. The Kier molecular flexibility index (Phi) is 2.66. The number of halogens is 1. The third kappa shape index (κ3) is 1.70. The predicted octanol–water partition coefficient (Wildman–Crippen LogP) is 1.05. The van der Waals surface area contributed by atoms with Gasteiger partial charge in [0.15, 0.2) is 11.9 Å². The first-order chi connectivity index (χ1) is 5.90. The second-order valence-corrected chi connectivity index (χ2v) is 3.84. The van der Waals surface area contributed by atoms with Gasteiger partial charge in [-0.25, -0.2) is 5.06 Å². The van der Waals surface area contributed by atoms with Gasteiger partial charge in [0.1, 0.15) is 0 Å². The van der Waals surface area contributed by atoms with E-state index in [0.717, 1.165) is 5.06 Å². The Morgan fingerprint density at radius 3 is 2.54 bits per heavy atom. The van der Waals surface area contributed by atoms with Gasteiger partial charge in [0, 0.05) is 5.54 Å². The number of hydrogen-bond donors (Lipinski definition) is 2. The maximum Gasteiger partial charge on any atom is 0.169 e. The number of rotatable bonds is 1. The molecule has 0 aliphatic carbocycles. The summed E-state index contributed by atoms with van der Waals surface area (Å²) in [5.41, 5.74) is 1.29. The van der Waals surface area contributed by atoms with Crippen molar-refractivity contribution >= 4 is 17.4 Å². The summed E-state index contributed by atoms with van der Waals surface area (Å²) in [6.45, 7) is 5.09. The van der Waals surface area contributed by atoms with E-state index in [-0.39, 0.29) is 5.78 Å². The molecule has 13 heavy (non-hydrogen) atoms. The molecule has 74 valence electrons. The van der Waals surface area contributed by atoms with E-state index in [1.165, 1.54) is 12.5 Å². The van der Waals surface area contributed by atoms with Crippen molar-refractivity contribution in [3.63, 3.8) is 0 Å². The number of carbonyl (C=O) groups excluding carboxylic acids is 1. The molecule has 0 radical (unpaired) electrons. The molecule has 0 bridgehead atoms. The van der Waals surface area contributed by atoms with E-state index in [4.69, 9.17) is 11.6 Å². The molecule has 0 aromatic heterocycles. The van der Waals surface area contributed by atoms with Crippen molar-refractivity contribution in [2.24, 2.45) is 0 Å². The quantitative estimate of drug-likeness (QED) is 0.671. The van der Waals surface area contributed by atoms with Crippen molar-refractivity contribution < 1.29 is 10.0 Å². The van der Waals surface area contributed by atoms with Crippen LogP contribution in [0, 0.1) is 0 Å². The number of nitrogens with one attached hydrogen (secondary N) is 1. The van der Waals surface area contributed by atoms with Crippen molar-refractivity contribution in [3.05, 3.63) is 11.2 Å². The standard InChI is InChI=1S/C8H13ClN2O2/c1-5(12)7-10-8(2,3)6(4-9)11(7)13/h4,7,10,13H,1-3H3/b6-4-. The second kappa shape index (κ2) is 3.29. The minimum Gasteiger partial charge on any atom is -0.296 e. The summed E-state index contributed by atoms with van der Waals surface area (Å²) >= 11 is 5.54. The lowest BCUT2D eigenvalue weighted by atomic mass is 10.0. The summed E-state index contributed by atoms with van der Waals surface area (Å²) in [4.78, 5) is 11.1. The number of hydroxylamine groups is 2. The number of nitrogens with zero attached hydrogens (tertiary/aromatic N) is 1. The van der Waals surface area contributed by atoms with E-state index in [0.29, 0.717) is 5.70 Å². The Bertz CT molecular complexity index is 263. The average Bonchev–Trinajstić information content (AvgIpc) is 2.22. The zero-order valence-corrected chi connectivity index (χ0v) is 8.59. The van der Waals surface area contributed by atoms with E-state index in [1.54, 1.807) is 0 Å². The summed E-state index contributed by atoms with van der Waals surface area (Å²) in [5, 5.41) is 13.4. The minimum absolute atomic E-state index is 0.149. The Morgan fingerprint density at radius 1 is 1.77 bits per heavy atom. The molecule has 0 spiro atoms. The lowest BCUT2D eigenvalue weighted by Gasteiger charge is -2.19. The molecule has 1 aliphatic rings. The van der Waals surface area contributed by atoms with Crippen molar-refractivity contribution in [2.45, 2.75) is 32.5 Å². The number of Topliss-reactive ketones (excluding diaryl/α,β-unsaturated/α-hetero) is 1. The Balaban J connectivity index is 2.98. The van der Waals surface area contributed by atoms with Crippen molar-refractivity contribution in [1.29, 1.82) is 0 Å². The molecule has 1 atom stereocenters. The molecule has 1 rings (SSSR count). The smallest absolute Gasteiger partial charge is 0.169 e. The predicted molar refractivity (Wildman–Crippen MR) is 49.2 cm³/mol. The molecule has 5 heteroatoms. The van der Waals surface area contributed by atoms with Crippen LogP contribution in [0.4, 0.5) is 0 Å². The van der Waals surface area contributed by atoms with Crippen molar-refractivity contribution in [1.82, 2.24) is 10.4 Å². The Morgan fingerprint density at radius 2 is 2.31 bits per heavy atom. The van der Waals surface area contributed by atoms with Crippen LogP contribution in [-0.4, -0.2) is 27.8 Å². The summed E-state index contributed by atoms with van der Waals surface area (Å²) < 4.78 is 0. The highest BCUT2D eigenvalue weighted by Gasteiger charge is 2.42. The van der Waals surface area contributed by atoms with Crippen LogP contribution >= 0.6 is 11.6 Å². The molecule has 0 amide bonds. The molecule has 0 aromatic carbocycles. The van der Waals surface area contributed by atoms with Crippen LogP contribution in [0.5, 0.6) is 0 Å². The highest BCUT2D eigenvalue weighted by atomic mass is 35.5. The molecular weight excluding hydrogens is 192 g/mol. The molecule has 1 saturated heterocycles. The largest absolute Gasteiger partial charge is 0.296 e. The van der Waals surface area contributed by atoms with Gasteiger partial charge in [0.25, 0.3) is 0 Å². The van der Waals surface area contributed by atoms with E-state index >= 15 is 0 Å². The van der Waals surface area contributed by atoms with Gasteiger partial charge in [0.2, 0.25) is 0 Å². The topological polar surface area (TPSA) is 52.6 Å². The maximum atomic E-state index is 11.1. The maximum absolute atomic E-state index is 11.1. The zero-order chi connectivity index (χ0) is 10.2. The van der Waals surface area contributed by atoms with Gasteiger partial charge >= 0.3 is 0 Å². The van der Waals surface area contributed by atoms with Crippen molar-refractivity contribution in [2.75, 3.05) is 0 Å². The van der Waals surface area contributed by atoms with Gasteiger partial charge in [-0.1, -0.05) is 11.6 Å². The third-order valence-electron chi connectivity index (χ3n) is 2.12. The highest BCUT2D eigenvalue weighted by Crippen LogP contribution is 2.28. The second-order valence-electron chi connectivity index (χ2n) is 3.62. The number of hydrogen-bond acceptors (Lipinski definition) is 4. The van der Waals surface area contributed by atoms with E-state index in [9.17, 15) is 10.0 Å². The van der Waals surface area contributed by atoms with Gasteiger partial charge in [-0.15, -0.1) is 0 Å². The molecule has 1 fully saturated rings. The van der Waals surface area contributed by atoms with E-state index in [2.05, 4.69) is 5.32 Å². The summed E-state index contributed by atoms with van der Waals surface area (Å²) in [7, 11) is 0. The molecular formula is C8H13ClN2O2. The van der Waals surface area contributed by atoms with E-state index < -0.39 is 11.7 Å². The number of carbonyl (C=O) groups is 1. The van der Waals surface area contributed by atoms with Crippen LogP contribution < -0.4 is 5.32 Å².